The standard InChI is InChI=1S/C51H38N4O2/c1-3-13-31(14-4-1)49-52-50(32-15-5-2-6-16-32)54-51(53-49)40-22-12-21-38-41-29-33(25-27-45(41)57-48(38)40)35-19-11-20-39-42-30-34(26-28-46(42)56-47(35)39)55-43-23-9-7-17-36(43)37-18-8-10-24-44(37)55/h1-25,27,29-30,36,43,49,51,53H,26,28H2,(H,52,54). The molecule has 2 aliphatic heterocycles. The van der Waals surface area contributed by atoms with Crippen molar-refractivity contribution in [3.63, 3.8) is 0 Å². The van der Waals surface area contributed by atoms with Crippen molar-refractivity contribution in [3.8, 4) is 11.1 Å². The second-order valence-corrected chi connectivity index (χ2v) is 15.4. The Balaban J connectivity index is 0.921. The fourth-order valence-electron chi connectivity index (χ4n) is 9.54. The highest BCUT2D eigenvalue weighted by molar-refractivity contribution is 6.09. The van der Waals surface area contributed by atoms with Crippen LogP contribution in [0.4, 0.5) is 5.69 Å². The smallest absolute Gasteiger partial charge is 0.142 e. The Bertz CT molecular complexity index is 3010. The highest BCUT2D eigenvalue weighted by Gasteiger charge is 2.39. The van der Waals surface area contributed by atoms with Crippen LogP contribution in [0.1, 0.15) is 58.2 Å². The van der Waals surface area contributed by atoms with Gasteiger partial charge in [-0.2, -0.15) is 0 Å². The van der Waals surface area contributed by atoms with Crippen molar-refractivity contribution >= 4 is 50.5 Å². The maximum atomic E-state index is 6.80. The zero-order valence-corrected chi connectivity index (χ0v) is 31.1. The minimum Gasteiger partial charge on any atom is -0.460 e. The number of aliphatic imine (C=N–C) groups is 1. The van der Waals surface area contributed by atoms with E-state index in [1.165, 1.54) is 22.5 Å². The van der Waals surface area contributed by atoms with E-state index in [1.807, 2.05) is 24.3 Å². The zero-order chi connectivity index (χ0) is 37.5. The number of nitrogens with zero attached hydrogens (tertiary/aromatic N) is 2. The summed E-state index contributed by atoms with van der Waals surface area (Å²) in [4.78, 5) is 7.67. The number of hydrogen-bond acceptors (Lipinski definition) is 6. The van der Waals surface area contributed by atoms with Crippen LogP contribution in [-0.2, 0) is 6.42 Å². The summed E-state index contributed by atoms with van der Waals surface area (Å²) in [7, 11) is 0. The fraction of sp³-hybridized carbons (Fsp3) is 0.118. The third kappa shape index (κ3) is 5.18. The molecule has 0 saturated heterocycles. The van der Waals surface area contributed by atoms with Crippen LogP contribution in [0, 0.1) is 0 Å². The second kappa shape index (κ2) is 12.8. The maximum absolute atomic E-state index is 6.80. The van der Waals surface area contributed by atoms with Crippen LogP contribution < -0.4 is 15.5 Å². The fourth-order valence-corrected chi connectivity index (χ4v) is 9.54. The van der Waals surface area contributed by atoms with E-state index in [9.17, 15) is 0 Å². The van der Waals surface area contributed by atoms with E-state index < -0.39 is 0 Å². The van der Waals surface area contributed by atoms with Crippen LogP contribution in [0.3, 0.4) is 0 Å². The largest absolute Gasteiger partial charge is 0.460 e. The molecule has 2 N–H and O–H groups in total. The molecular weight excluding hydrogens is 701 g/mol. The van der Waals surface area contributed by atoms with E-state index in [4.69, 9.17) is 13.8 Å². The summed E-state index contributed by atoms with van der Waals surface area (Å²) in [5.74, 6) is 2.27. The highest BCUT2D eigenvalue weighted by atomic mass is 16.3. The predicted octanol–water partition coefficient (Wildman–Crippen LogP) is 11.7. The van der Waals surface area contributed by atoms with E-state index >= 15 is 0 Å². The molecule has 0 radical (unpaired) electrons. The number of anilines is 1. The van der Waals surface area contributed by atoms with Crippen LogP contribution in [0.2, 0.25) is 0 Å². The number of hydrogen-bond donors (Lipinski definition) is 2. The van der Waals surface area contributed by atoms with Gasteiger partial charge in [-0.15, -0.1) is 0 Å². The van der Waals surface area contributed by atoms with E-state index in [0.717, 1.165) is 85.2 Å². The lowest BCUT2D eigenvalue weighted by Gasteiger charge is -2.32. The van der Waals surface area contributed by atoms with Crippen molar-refractivity contribution in [3.05, 3.63) is 203 Å². The van der Waals surface area contributed by atoms with Crippen molar-refractivity contribution in [2.45, 2.75) is 37.1 Å². The SMILES string of the molecule is C1=CC2c3ccccc3N(C3=Cc4c(oc5c(-c6ccc7oc8c(C9NC(c%10ccccc%10)=NC(c%10ccccc%10)N9)cccc8c7c6)cccc45)CC3)C2C=C1. The van der Waals surface area contributed by atoms with Crippen LogP contribution >= 0.6 is 0 Å². The summed E-state index contributed by atoms with van der Waals surface area (Å²) in [5.41, 5.74) is 13.3. The van der Waals surface area contributed by atoms with Crippen molar-refractivity contribution in [1.29, 1.82) is 0 Å². The molecule has 4 atom stereocenters. The number of aryl methyl sites for hydroxylation is 1. The van der Waals surface area contributed by atoms with Crippen LogP contribution in [0.5, 0.6) is 0 Å². The highest BCUT2D eigenvalue weighted by Crippen LogP contribution is 2.48. The van der Waals surface area contributed by atoms with Crippen LogP contribution in [0.15, 0.2) is 183 Å². The summed E-state index contributed by atoms with van der Waals surface area (Å²) >= 11 is 0. The van der Waals surface area contributed by atoms with Crippen molar-refractivity contribution in [1.82, 2.24) is 10.6 Å². The van der Waals surface area contributed by atoms with Gasteiger partial charge >= 0.3 is 0 Å². The first-order valence-corrected chi connectivity index (χ1v) is 19.9. The molecule has 0 fully saturated rings. The van der Waals surface area contributed by atoms with Gasteiger partial charge in [0.25, 0.3) is 0 Å². The molecule has 4 aliphatic rings. The Kier molecular flexibility index (Phi) is 7.29. The number of benzene rings is 6. The normalized spacial score (nSPS) is 20.9. The molecule has 57 heavy (non-hydrogen) atoms. The average Bonchev–Trinajstić information content (AvgIpc) is 3.96. The van der Waals surface area contributed by atoms with Crippen LogP contribution in [-0.4, -0.2) is 11.9 Å². The van der Waals surface area contributed by atoms with Gasteiger partial charge in [0.05, 0.1) is 6.04 Å². The predicted molar refractivity (Wildman–Crippen MR) is 230 cm³/mol. The number of amidine groups is 1. The van der Waals surface area contributed by atoms with Crippen molar-refractivity contribution < 1.29 is 8.83 Å². The number of allylic oxidation sites excluding steroid dienone is 3. The minimum atomic E-state index is -0.238. The molecule has 0 saturated carbocycles. The Morgan fingerprint density at radius 1 is 0.632 bits per heavy atom. The monoisotopic (exact) mass is 738 g/mol. The molecule has 2 aliphatic carbocycles. The van der Waals surface area contributed by atoms with Gasteiger partial charge in [0.2, 0.25) is 0 Å². The van der Waals surface area contributed by atoms with Gasteiger partial charge in [-0.3, -0.25) is 5.32 Å². The molecule has 2 aromatic heterocycles. The Morgan fingerprint density at radius 3 is 2.33 bits per heavy atom. The van der Waals surface area contributed by atoms with Gasteiger partial charge in [-0.25, -0.2) is 4.99 Å². The number of nitrogens with one attached hydrogen (secondary N) is 2. The van der Waals surface area contributed by atoms with Gasteiger partial charge < -0.3 is 19.1 Å². The van der Waals surface area contributed by atoms with Crippen LogP contribution in [0.25, 0.3) is 50.1 Å². The molecule has 6 nitrogen and oxygen atoms in total. The summed E-state index contributed by atoms with van der Waals surface area (Å²) in [6.07, 6.45) is 12.8. The molecule has 274 valence electrons. The number of fused-ring (bicyclic) bond motifs is 9. The third-order valence-corrected chi connectivity index (χ3v) is 12.2. The molecular formula is C51H38N4O2. The lowest BCUT2D eigenvalue weighted by molar-refractivity contribution is 0.408. The number of para-hydroxylation sites is 3. The molecule has 6 aromatic carbocycles. The number of furan rings is 2. The van der Waals surface area contributed by atoms with E-state index in [2.05, 4.69) is 161 Å². The van der Waals surface area contributed by atoms with Gasteiger partial charge in [0.15, 0.2) is 0 Å². The molecule has 0 bridgehead atoms. The van der Waals surface area contributed by atoms with Gasteiger partial charge in [0, 0.05) is 62.1 Å². The molecule has 4 unspecified atom stereocenters. The Hall–Kier alpha value is -6.89. The summed E-state index contributed by atoms with van der Waals surface area (Å²) in [6.45, 7) is 0. The van der Waals surface area contributed by atoms with Crippen molar-refractivity contribution in [2.75, 3.05) is 4.90 Å². The first kappa shape index (κ1) is 32.4. The minimum absolute atomic E-state index is 0.228. The molecule has 4 heterocycles. The molecule has 0 amide bonds. The first-order chi connectivity index (χ1) is 28.2. The van der Waals surface area contributed by atoms with Gasteiger partial charge in [0.1, 0.15) is 40.7 Å². The van der Waals surface area contributed by atoms with E-state index in [1.54, 1.807) is 0 Å². The second-order valence-electron chi connectivity index (χ2n) is 15.4. The van der Waals surface area contributed by atoms with Crippen molar-refractivity contribution in [2.24, 2.45) is 4.99 Å². The zero-order valence-electron chi connectivity index (χ0n) is 31.1. The maximum Gasteiger partial charge on any atom is 0.142 e. The number of rotatable bonds is 5. The Labute approximate surface area is 330 Å². The van der Waals surface area contributed by atoms with E-state index in [-0.39, 0.29) is 12.3 Å². The average molecular weight is 739 g/mol. The molecule has 8 aromatic rings. The Morgan fingerprint density at radius 2 is 1.42 bits per heavy atom. The first-order valence-electron chi connectivity index (χ1n) is 19.9. The van der Waals surface area contributed by atoms with Gasteiger partial charge in [-0.05, 0) is 47.4 Å². The molecule has 12 rings (SSSR count). The van der Waals surface area contributed by atoms with E-state index in [0.29, 0.717) is 12.0 Å². The topological polar surface area (TPSA) is 65.9 Å². The summed E-state index contributed by atoms with van der Waals surface area (Å²) < 4.78 is 13.5. The lowest BCUT2D eigenvalue weighted by atomic mass is 9.91. The third-order valence-electron chi connectivity index (χ3n) is 12.2. The molecule has 0 spiro atoms. The summed E-state index contributed by atoms with van der Waals surface area (Å²) in [6, 6.07) is 49.4. The van der Waals surface area contributed by atoms with Gasteiger partial charge in [-0.1, -0.05) is 146 Å². The lowest BCUT2D eigenvalue weighted by Crippen LogP contribution is -2.45. The summed E-state index contributed by atoms with van der Waals surface area (Å²) in [5, 5.41) is 10.8. The molecule has 6 heteroatoms. The quantitative estimate of drug-likeness (QED) is 0.184.